The minimum absolute atomic E-state index is 0.0628. The number of phenols is 1. The molecular weight excluding hydrogens is 360 g/mol. The number of ketones is 1. The first-order chi connectivity index (χ1) is 13.5. The monoisotopic (exact) mass is 376 g/mol. The molecule has 140 valence electrons. The lowest BCUT2D eigenvalue weighted by Gasteiger charge is -2.12. The average Bonchev–Trinajstić information content (AvgIpc) is 2.68. The summed E-state index contributed by atoms with van der Waals surface area (Å²) in [7, 11) is 0. The topological polar surface area (TPSA) is 89.9 Å². The molecule has 0 bridgehead atoms. The van der Waals surface area contributed by atoms with Crippen LogP contribution in [0.2, 0.25) is 0 Å². The van der Waals surface area contributed by atoms with Crippen molar-refractivity contribution >= 4 is 17.7 Å². The van der Waals surface area contributed by atoms with Crippen molar-refractivity contribution in [2.45, 2.75) is 6.92 Å². The molecule has 0 aromatic heterocycles. The molecule has 0 spiro atoms. The Morgan fingerprint density at radius 3 is 1.75 bits per heavy atom. The Hall–Kier alpha value is -3.93. The summed E-state index contributed by atoms with van der Waals surface area (Å²) in [5.41, 5.74) is 0.396. The van der Waals surface area contributed by atoms with E-state index in [0.717, 1.165) is 6.07 Å². The first-order valence-electron chi connectivity index (χ1n) is 8.38. The smallest absolute Gasteiger partial charge is 0.343 e. The summed E-state index contributed by atoms with van der Waals surface area (Å²) in [4.78, 5) is 36.5. The summed E-state index contributed by atoms with van der Waals surface area (Å²) in [5, 5.41) is 10.2. The van der Waals surface area contributed by atoms with E-state index in [2.05, 4.69) is 0 Å². The van der Waals surface area contributed by atoms with Crippen molar-refractivity contribution in [1.82, 2.24) is 0 Å². The van der Waals surface area contributed by atoms with Gasteiger partial charge in [0.05, 0.1) is 11.1 Å². The maximum atomic E-state index is 12.3. The number of benzene rings is 3. The number of rotatable bonds is 5. The van der Waals surface area contributed by atoms with Crippen LogP contribution in [0.4, 0.5) is 0 Å². The second-order valence-electron chi connectivity index (χ2n) is 5.88. The van der Waals surface area contributed by atoms with Gasteiger partial charge in [-0.2, -0.15) is 0 Å². The average molecular weight is 376 g/mol. The van der Waals surface area contributed by atoms with Gasteiger partial charge >= 0.3 is 11.9 Å². The first-order valence-corrected chi connectivity index (χ1v) is 8.38. The van der Waals surface area contributed by atoms with Crippen molar-refractivity contribution in [1.29, 1.82) is 0 Å². The zero-order chi connectivity index (χ0) is 20.1. The van der Waals surface area contributed by atoms with Gasteiger partial charge in [-0.1, -0.05) is 36.4 Å². The van der Waals surface area contributed by atoms with Gasteiger partial charge < -0.3 is 14.6 Å². The third-order valence-corrected chi connectivity index (χ3v) is 3.84. The third-order valence-electron chi connectivity index (χ3n) is 3.84. The normalized spacial score (nSPS) is 10.2. The fourth-order valence-electron chi connectivity index (χ4n) is 2.54. The SMILES string of the molecule is CC(=O)c1c(O)cc(OC(=O)c2ccccc2)cc1OC(=O)c1ccccc1. The number of hydrogen-bond acceptors (Lipinski definition) is 6. The quantitative estimate of drug-likeness (QED) is 0.411. The molecule has 0 amide bonds. The summed E-state index contributed by atoms with van der Waals surface area (Å²) in [6.07, 6.45) is 0. The van der Waals surface area contributed by atoms with Crippen LogP contribution in [0.15, 0.2) is 72.8 Å². The van der Waals surface area contributed by atoms with E-state index in [4.69, 9.17) is 9.47 Å². The van der Waals surface area contributed by atoms with Crippen molar-refractivity contribution < 1.29 is 29.0 Å². The highest BCUT2D eigenvalue weighted by molar-refractivity contribution is 6.01. The van der Waals surface area contributed by atoms with Gasteiger partial charge in [0.1, 0.15) is 22.8 Å². The second-order valence-corrected chi connectivity index (χ2v) is 5.88. The third kappa shape index (κ3) is 4.24. The second kappa shape index (κ2) is 8.18. The van der Waals surface area contributed by atoms with E-state index in [0.29, 0.717) is 5.56 Å². The van der Waals surface area contributed by atoms with Crippen molar-refractivity contribution in [3.63, 3.8) is 0 Å². The number of Topliss-reactive ketones (excluding diaryl/α,β-unsaturated/α-hetero) is 1. The van der Waals surface area contributed by atoms with Crippen LogP contribution >= 0.6 is 0 Å². The Morgan fingerprint density at radius 1 is 0.750 bits per heavy atom. The molecule has 0 aliphatic rings. The predicted octanol–water partition coefficient (Wildman–Crippen LogP) is 4.03. The lowest BCUT2D eigenvalue weighted by atomic mass is 10.1. The zero-order valence-corrected chi connectivity index (χ0v) is 14.9. The Balaban J connectivity index is 1.92. The Kier molecular flexibility index (Phi) is 5.50. The highest BCUT2D eigenvalue weighted by atomic mass is 16.5. The number of carbonyl (C=O) groups is 3. The molecule has 6 heteroatoms. The van der Waals surface area contributed by atoms with E-state index >= 15 is 0 Å². The largest absolute Gasteiger partial charge is 0.507 e. The van der Waals surface area contributed by atoms with Crippen LogP contribution in [0.1, 0.15) is 38.0 Å². The van der Waals surface area contributed by atoms with Crippen LogP contribution in [-0.2, 0) is 0 Å². The van der Waals surface area contributed by atoms with Crippen LogP contribution in [0.3, 0.4) is 0 Å². The van der Waals surface area contributed by atoms with Gasteiger partial charge in [0.15, 0.2) is 5.78 Å². The van der Waals surface area contributed by atoms with Gasteiger partial charge in [-0.3, -0.25) is 4.79 Å². The fraction of sp³-hybridized carbons (Fsp3) is 0.0455. The summed E-state index contributed by atoms with van der Waals surface area (Å²) >= 11 is 0. The Labute approximate surface area is 161 Å². The molecular formula is C22H16O6. The molecule has 0 heterocycles. The molecule has 0 unspecified atom stereocenters. The lowest BCUT2D eigenvalue weighted by molar-refractivity contribution is 0.0731. The predicted molar refractivity (Wildman–Crippen MR) is 101 cm³/mol. The number of phenolic OH excluding ortho intramolecular Hbond substituents is 1. The van der Waals surface area contributed by atoms with E-state index < -0.39 is 23.5 Å². The van der Waals surface area contributed by atoms with E-state index in [9.17, 15) is 19.5 Å². The van der Waals surface area contributed by atoms with Crippen LogP contribution in [0, 0.1) is 0 Å². The Bertz CT molecular complexity index is 1030. The van der Waals surface area contributed by atoms with Crippen LogP contribution in [-0.4, -0.2) is 22.8 Å². The molecule has 0 atom stereocenters. The molecule has 0 fully saturated rings. The van der Waals surface area contributed by atoms with E-state index in [1.807, 2.05) is 0 Å². The summed E-state index contributed by atoms with van der Waals surface area (Å²) in [5.74, 6) is -2.59. The highest BCUT2D eigenvalue weighted by Gasteiger charge is 2.21. The highest BCUT2D eigenvalue weighted by Crippen LogP contribution is 2.34. The van der Waals surface area contributed by atoms with Gasteiger partial charge in [0.25, 0.3) is 0 Å². The van der Waals surface area contributed by atoms with E-state index in [1.54, 1.807) is 60.7 Å². The molecule has 3 rings (SSSR count). The van der Waals surface area contributed by atoms with Crippen molar-refractivity contribution in [3.8, 4) is 17.2 Å². The number of carbonyl (C=O) groups excluding carboxylic acids is 3. The van der Waals surface area contributed by atoms with Crippen molar-refractivity contribution in [2.24, 2.45) is 0 Å². The molecule has 0 saturated heterocycles. The summed E-state index contributed by atoms with van der Waals surface area (Å²) in [6.45, 7) is 1.23. The van der Waals surface area contributed by atoms with Crippen molar-refractivity contribution in [3.05, 3.63) is 89.5 Å². The molecule has 3 aromatic rings. The maximum absolute atomic E-state index is 12.3. The molecule has 0 aliphatic carbocycles. The van der Waals surface area contributed by atoms with Crippen molar-refractivity contribution in [2.75, 3.05) is 0 Å². The molecule has 0 saturated carbocycles. The number of esters is 2. The van der Waals surface area contributed by atoms with E-state index in [1.165, 1.54) is 13.0 Å². The standard InChI is InChI=1S/C22H16O6/c1-14(23)20-18(24)12-17(27-21(25)15-8-4-2-5-9-15)13-19(20)28-22(26)16-10-6-3-7-11-16/h2-13,24H,1H3. The number of hydrogen-bond donors (Lipinski definition) is 1. The zero-order valence-electron chi connectivity index (χ0n) is 14.9. The molecule has 1 N–H and O–H groups in total. The lowest BCUT2D eigenvalue weighted by Crippen LogP contribution is -2.12. The molecule has 3 aromatic carbocycles. The molecule has 0 aliphatic heterocycles. The minimum Gasteiger partial charge on any atom is -0.507 e. The molecule has 0 radical (unpaired) electrons. The van der Waals surface area contributed by atoms with Gasteiger partial charge in [-0.25, -0.2) is 9.59 Å². The van der Waals surface area contributed by atoms with Gasteiger partial charge in [0.2, 0.25) is 0 Å². The summed E-state index contributed by atoms with van der Waals surface area (Å²) < 4.78 is 10.5. The van der Waals surface area contributed by atoms with Gasteiger partial charge in [-0.15, -0.1) is 0 Å². The van der Waals surface area contributed by atoms with Gasteiger partial charge in [0, 0.05) is 12.1 Å². The minimum atomic E-state index is -0.714. The molecule has 6 nitrogen and oxygen atoms in total. The number of aromatic hydroxyl groups is 1. The first kappa shape index (κ1) is 18.8. The van der Waals surface area contributed by atoms with Crippen LogP contribution in [0.5, 0.6) is 17.2 Å². The van der Waals surface area contributed by atoms with Gasteiger partial charge in [-0.05, 0) is 31.2 Å². The fourth-order valence-corrected chi connectivity index (χ4v) is 2.54. The Morgan fingerprint density at radius 2 is 1.25 bits per heavy atom. The van der Waals surface area contributed by atoms with Crippen LogP contribution < -0.4 is 9.47 Å². The number of ether oxygens (including phenoxy) is 2. The molecule has 28 heavy (non-hydrogen) atoms. The van der Waals surface area contributed by atoms with Crippen LogP contribution in [0.25, 0.3) is 0 Å². The summed E-state index contributed by atoms with van der Waals surface area (Å²) in [6, 6.07) is 18.8. The maximum Gasteiger partial charge on any atom is 0.343 e. The van der Waals surface area contributed by atoms with E-state index in [-0.39, 0.29) is 22.6 Å².